The van der Waals surface area contributed by atoms with Crippen molar-refractivity contribution in [3.63, 3.8) is 0 Å². The second kappa shape index (κ2) is 4.14. The fraction of sp³-hybridized carbons (Fsp3) is 0.583. The normalized spacial score (nSPS) is 21.1. The summed E-state index contributed by atoms with van der Waals surface area (Å²) in [5, 5.41) is 11.5. The van der Waals surface area contributed by atoms with Gasteiger partial charge in [0.05, 0.1) is 11.5 Å². The van der Waals surface area contributed by atoms with E-state index in [1.807, 2.05) is 0 Å². The monoisotopic (exact) mass is 205 g/mol. The van der Waals surface area contributed by atoms with E-state index in [4.69, 9.17) is 0 Å². The van der Waals surface area contributed by atoms with Gasteiger partial charge in [0.2, 0.25) is 0 Å². The van der Waals surface area contributed by atoms with Crippen LogP contribution in [0.3, 0.4) is 0 Å². The maximum Gasteiger partial charge on any atom is 0.0914 e. The van der Waals surface area contributed by atoms with Crippen molar-refractivity contribution in [2.24, 2.45) is 0 Å². The average molecular weight is 205 g/mol. The van der Waals surface area contributed by atoms with Crippen LogP contribution in [0.1, 0.15) is 43.4 Å². The lowest BCUT2D eigenvalue weighted by Gasteiger charge is -2.22. The summed E-state index contributed by atoms with van der Waals surface area (Å²) < 4.78 is 0. The number of hydrogen-bond donors (Lipinski definition) is 0. The Kier molecular flexibility index (Phi) is 2.88. The first-order valence-corrected chi connectivity index (χ1v) is 6.21. The van der Waals surface area contributed by atoms with Crippen LogP contribution in [0, 0.1) is 11.3 Å². The summed E-state index contributed by atoms with van der Waals surface area (Å²) in [5.74, 6) is 0. The molecule has 1 aromatic heterocycles. The van der Waals surface area contributed by atoms with Gasteiger partial charge in [0.15, 0.2) is 0 Å². The second-order valence-corrected chi connectivity index (χ2v) is 5.03. The van der Waals surface area contributed by atoms with Crippen LogP contribution in [0.25, 0.3) is 0 Å². The van der Waals surface area contributed by atoms with Crippen LogP contribution in [0.4, 0.5) is 0 Å². The van der Waals surface area contributed by atoms with Crippen LogP contribution < -0.4 is 0 Å². The molecule has 0 amide bonds. The summed E-state index contributed by atoms with van der Waals surface area (Å²) in [6.07, 6.45) is 7.15. The van der Waals surface area contributed by atoms with Gasteiger partial charge in [0.25, 0.3) is 0 Å². The van der Waals surface area contributed by atoms with Gasteiger partial charge in [-0.1, -0.05) is 31.7 Å². The number of thiophene rings is 1. The van der Waals surface area contributed by atoms with Gasteiger partial charge < -0.3 is 0 Å². The molecule has 1 nitrogen and oxygen atoms in total. The van der Waals surface area contributed by atoms with Crippen molar-refractivity contribution in [2.75, 3.05) is 0 Å². The fourth-order valence-electron chi connectivity index (χ4n) is 2.30. The van der Waals surface area contributed by atoms with Crippen molar-refractivity contribution >= 4 is 11.3 Å². The van der Waals surface area contributed by atoms with Crippen LogP contribution in [-0.2, 0) is 5.41 Å². The molecule has 0 bridgehead atoms. The molecule has 0 spiro atoms. The minimum atomic E-state index is -0.148. The highest BCUT2D eigenvalue weighted by Gasteiger charge is 2.33. The molecule has 1 aromatic rings. The molecule has 0 N–H and O–H groups in total. The number of rotatable bonds is 1. The van der Waals surface area contributed by atoms with Crippen molar-refractivity contribution in [2.45, 2.75) is 43.9 Å². The van der Waals surface area contributed by atoms with E-state index < -0.39 is 0 Å². The zero-order valence-electron chi connectivity index (χ0n) is 8.33. The van der Waals surface area contributed by atoms with Crippen molar-refractivity contribution in [3.05, 3.63) is 22.4 Å². The van der Waals surface area contributed by atoms with E-state index in [1.54, 1.807) is 11.3 Å². The van der Waals surface area contributed by atoms with Crippen LogP contribution in [0.2, 0.25) is 0 Å². The molecule has 2 heteroatoms. The maximum absolute atomic E-state index is 9.40. The predicted octanol–water partition coefficient (Wildman–Crippen LogP) is 3.86. The minimum absolute atomic E-state index is 0.148. The van der Waals surface area contributed by atoms with Gasteiger partial charge in [-0.2, -0.15) is 5.26 Å². The molecule has 0 unspecified atom stereocenters. The molecular formula is C12H15NS. The summed E-state index contributed by atoms with van der Waals surface area (Å²) in [6.45, 7) is 0. The molecule has 0 aromatic carbocycles. The molecule has 1 fully saturated rings. The SMILES string of the molecule is N#CC1(c2cccs2)CCCCCC1. The molecule has 0 aliphatic heterocycles. The van der Waals surface area contributed by atoms with Gasteiger partial charge >= 0.3 is 0 Å². The van der Waals surface area contributed by atoms with E-state index in [-0.39, 0.29) is 5.41 Å². The minimum Gasteiger partial charge on any atom is -0.197 e. The average Bonchev–Trinajstić information content (AvgIpc) is 2.64. The third-order valence-corrected chi connectivity index (χ3v) is 4.24. The Labute approximate surface area is 89.4 Å². The lowest BCUT2D eigenvalue weighted by Crippen LogP contribution is -2.21. The van der Waals surface area contributed by atoms with E-state index in [0.717, 1.165) is 12.8 Å². The fourth-order valence-corrected chi connectivity index (χ4v) is 3.23. The Balaban J connectivity index is 2.29. The molecule has 1 saturated carbocycles. The van der Waals surface area contributed by atoms with Gasteiger partial charge in [-0.25, -0.2) is 0 Å². The third kappa shape index (κ3) is 1.69. The van der Waals surface area contributed by atoms with Crippen molar-refractivity contribution in [1.82, 2.24) is 0 Å². The van der Waals surface area contributed by atoms with Crippen LogP contribution >= 0.6 is 11.3 Å². The zero-order valence-corrected chi connectivity index (χ0v) is 9.15. The second-order valence-electron chi connectivity index (χ2n) is 4.09. The lowest BCUT2D eigenvalue weighted by molar-refractivity contribution is 0.484. The van der Waals surface area contributed by atoms with E-state index in [1.165, 1.54) is 30.6 Å². The van der Waals surface area contributed by atoms with E-state index in [0.29, 0.717) is 0 Å². The molecule has 0 radical (unpaired) electrons. The third-order valence-electron chi connectivity index (χ3n) is 3.16. The Morgan fingerprint density at radius 3 is 2.43 bits per heavy atom. The van der Waals surface area contributed by atoms with E-state index >= 15 is 0 Å². The Hall–Kier alpha value is -0.810. The molecule has 74 valence electrons. The summed E-state index contributed by atoms with van der Waals surface area (Å²) in [7, 11) is 0. The van der Waals surface area contributed by atoms with Gasteiger partial charge in [0, 0.05) is 4.88 Å². The Morgan fingerprint density at radius 1 is 1.21 bits per heavy atom. The first-order valence-electron chi connectivity index (χ1n) is 5.33. The largest absolute Gasteiger partial charge is 0.197 e. The van der Waals surface area contributed by atoms with Gasteiger partial charge in [0.1, 0.15) is 0 Å². The maximum atomic E-state index is 9.40. The lowest BCUT2D eigenvalue weighted by atomic mass is 9.80. The highest BCUT2D eigenvalue weighted by molar-refractivity contribution is 7.10. The van der Waals surface area contributed by atoms with Crippen LogP contribution in [-0.4, -0.2) is 0 Å². The van der Waals surface area contributed by atoms with Gasteiger partial charge in [-0.15, -0.1) is 11.3 Å². The Morgan fingerprint density at radius 2 is 1.93 bits per heavy atom. The number of nitrogens with zero attached hydrogens (tertiary/aromatic N) is 1. The molecule has 1 aliphatic rings. The number of nitriles is 1. The molecule has 0 saturated heterocycles. The first kappa shape index (κ1) is 9.73. The van der Waals surface area contributed by atoms with Gasteiger partial charge in [-0.3, -0.25) is 0 Å². The zero-order chi connectivity index (χ0) is 9.86. The summed E-state index contributed by atoms with van der Waals surface area (Å²) in [4.78, 5) is 1.28. The molecule has 2 rings (SSSR count). The van der Waals surface area contributed by atoms with Gasteiger partial charge in [-0.05, 0) is 24.3 Å². The highest BCUT2D eigenvalue weighted by Crippen LogP contribution is 2.39. The Bertz CT molecular complexity index is 313. The first-order chi connectivity index (χ1) is 6.87. The summed E-state index contributed by atoms with van der Waals surface area (Å²) >= 11 is 1.74. The summed E-state index contributed by atoms with van der Waals surface area (Å²) in [5.41, 5.74) is -0.148. The molecule has 14 heavy (non-hydrogen) atoms. The molecule has 1 heterocycles. The van der Waals surface area contributed by atoms with E-state index in [2.05, 4.69) is 23.6 Å². The van der Waals surface area contributed by atoms with Crippen LogP contribution in [0.5, 0.6) is 0 Å². The van der Waals surface area contributed by atoms with Crippen LogP contribution in [0.15, 0.2) is 17.5 Å². The number of hydrogen-bond acceptors (Lipinski definition) is 2. The summed E-state index contributed by atoms with van der Waals surface area (Å²) in [6, 6.07) is 6.75. The van der Waals surface area contributed by atoms with Crippen molar-refractivity contribution in [1.29, 1.82) is 5.26 Å². The van der Waals surface area contributed by atoms with Crippen molar-refractivity contribution in [3.8, 4) is 6.07 Å². The highest BCUT2D eigenvalue weighted by atomic mass is 32.1. The topological polar surface area (TPSA) is 23.8 Å². The molecule has 0 atom stereocenters. The molecule has 1 aliphatic carbocycles. The smallest absolute Gasteiger partial charge is 0.0914 e. The quantitative estimate of drug-likeness (QED) is 0.639. The standard InChI is InChI=1S/C12H15NS/c13-10-12(11-6-5-9-14-11)7-3-1-2-4-8-12/h5-6,9H,1-4,7-8H2. The molecular weight excluding hydrogens is 190 g/mol. The van der Waals surface area contributed by atoms with E-state index in [9.17, 15) is 5.26 Å². The predicted molar refractivity (Wildman–Crippen MR) is 59.3 cm³/mol. The van der Waals surface area contributed by atoms with Crippen molar-refractivity contribution < 1.29 is 0 Å².